The lowest BCUT2D eigenvalue weighted by atomic mass is 10.1. The van der Waals surface area contributed by atoms with Crippen molar-refractivity contribution in [3.8, 4) is 0 Å². The fourth-order valence-electron chi connectivity index (χ4n) is 3.04. The molecule has 0 atom stereocenters. The molecule has 0 spiro atoms. The molecule has 4 rings (SSSR count). The summed E-state index contributed by atoms with van der Waals surface area (Å²) >= 11 is 0.451. The zero-order chi connectivity index (χ0) is 21.1. The van der Waals surface area contributed by atoms with E-state index in [0.717, 1.165) is 0 Å². The third-order valence-electron chi connectivity index (χ3n) is 4.92. The summed E-state index contributed by atoms with van der Waals surface area (Å²) in [5.74, 6) is 0.602. The van der Waals surface area contributed by atoms with Gasteiger partial charge in [-0.05, 0) is 25.0 Å². The van der Waals surface area contributed by atoms with Crippen LogP contribution in [0, 0.1) is 0 Å². The van der Waals surface area contributed by atoms with E-state index in [9.17, 15) is 17.8 Å². The molecule has 1 saturated heterocycles. The van der Waals surface area contributed by atoms with Gasteiger partial charge in [-0.25, -0.2) is 13.4 Å². The van der Waals surface area contributed by atoms with Gasteiger partial charge in [0, 0.05) is 30.0 Å². The van der Waals surface area contributed by atoms with Gasteiger partial charge in [0.15, 0.2) is 20.7 Å². The minimum absolute atomic E-state index is 0.0345. The van der Waals surface area contributed by atoms with Crippen molar-refractivity contribution < 1.29 is 22.6 Å². The first kappa shape index (κ1) is 21.3. The van der Waals surface area contributed by atoms with E-state index in [2.05, 4.69) is 15.5 Å². The van der Waals surface area contributed by atoms with Crippen LogP contribution in [0.2, 0.25) is 0 Å². The number of nitrogens with zero attached hydrogens (tertiary/aromatic N) is 2. The molecule has 0 unspecified atom stereocenters. The Hall–Kier alpha value is -1.95. The van der Waals surface area contributed by atoms with Gasteiger partial charge < -0.3 is 9.39 Å². The van der Waals surface area contributed by atoms with Crippen LogP contribution in [0.1, 0.15) is 31.2 Å². The smallest absolute Gasteiger partial charge is 0.280 e. The highest BCUT2D eigenvalue weighted by Gasteiger charge is 2.36. The molecule has 1 saturated carbocycles. The number of anilines is 1. The molecule has 2 heterocycles. The van der Waals surface area contributed by atoms with Crippen molar-refractivity contribution in [2.24, 2.45) is 5.16 Å². The van der Waals surface area contributed by atoms with E-state index >= 15 is 0 Å². The van der Waals surface area contributed by atoms with E-state index in [1.807, 2.05) is 0 Å². The first-order valence-corrected chi connectivity index (χ1v) is 13.5. The fourth-order valence-corrected chi connectivity index (χ4v) is 6.48. The first-order chi connectivity index (χ1) is 14.4. The summed E-state index contributed by atoms with van der Waals surface area (Å²) in [5, 5.41) is 8.64. The second-order valence-electron chi connectivity index (χ2n) is 7.15. The second-order valence-corrected chi connectivity index (χ2v) is 12.0. The number of oxime groups is 1. The number of hydrogen-bond acceptors (Lipinski definition) is 8. The predicted molar refractivity (Wildman–Crippen MR) is 116 cm³/mol. The number of thiazole rings is 1. The van der Waals surface area contributed by atoms with Crippen LogP contribution in [0.5, 0.6) is 0 Å². The SMILES string of the molecule is O=C(Nc1nccs1)/C(=N/OC1CC[S+]([O-])CC1)c1ccc(S(=O)(=O)C2CC2)cc1. The van der Waals surface area contributed by atoms with Crippen molar-refractivity contribution in [1.29, 1.82) is 0 Å². The second kappa shape index (κ2) is 9.04. The Morgan fingerprint density at radius 2 is 1.90 bits per heavy atom. The van der Waals surface area contributed by atoms with E-state index in [1.165, 1.54) is 23.5 Å². The van der Waals surface area contributed by atoms with Crippen molar-refractivity contribution in [2.75, 3.05) is 16.8 Å². The monoisotopic (exact) mass is 467 g/mol. The van der Waals surface area contributed by atoms with Gasteiger partial charge in [-0.3, -0.25) is 10.1 Å². The van der Waals surface area contributed by atoms with Crippen molar-refractivity contribution in [1.82, 2.24) is 4.98 Å². The summed E-state index contributed by atoms with van der Waals surface area (Å²) in [6.07, 6.45) is 3.96. The molecule has 1 aromatic carbocycles. The van der Waals surface area contributed by atoms with Gasteiger partial charge in [-0.15, -0.1) is 11.3 Å². The third-order valence-corrected chi connectivity index (χ3v) is 9.26. The van der Waals surface area contributed by atoms with E-state index in [0.29, 0.717) is 47.9 Å². The number of benzene rings is 1. The lowest BCUT2D eigenvalue weighted by Gasteiger charge is -2.22. The topological polar surface area (TPSA) is 121 Å². The number of hydrogen-bond donors (Lipinski definition) is 1. The lowest BCUT2D eigenvalue weighted by molar-refractivity contribution is -0.110. The van der Waals surface area contributed by atoms with Crippen LogP contribution >= 0.6 is 11.3 Å². The molecule has 2 aliphatic rings. The maximum atomic E-state index is 12.8. The fraction of sp³-hybridized carbons (Fsp3) is 0.421. The van der Waals surface area contributed by atoms with Gasteiger partial charge in [0.2, 0.25) is 0 Å². The Bertz CT molecular complexity index is 1010. The zero-order valence-corrected chi connectivity index (χ0v) is 18.5. The van der Waals surface area contributed by atoms with Crippen LogP contribution in [0.25, 0.3) is 0 Å². The highest BCUT2D eigenvalue weighted by Crippen LogP contribution is 2.33. The summed E-state index contributed by atoms with van der Waals surface area (Å²) in [6, 6.07) is 6.13. The number of aromatic nitrogens is 1. The summed E-state index contributed by atoms with van der Waals surface area (Å²) in [4.78, 5) is 22.7. The molecule has 0 radical (unpaired) electrons. The molecule has 11 heteroatoms. The number of nitrogens with one attached hydrogen (secondary N) is 1. The molecule has 1 aliphatic heterocycles. The molecule has 2 aromatic rings. The number of carbonyl (C=O) groups excluding carboxylic acids is 1. The van der Waals surface area contributed by atoms with Crippen LogP contribution < -0.4 is 5.32 Å². The summed E-state index contributed by atoms with van der Waals surface area (Å²) in [5.41, 5.74) is 0.477. The molecule has 8 nitrogen and oxygen atoms in total. The summed E-state index contributed by atoms with van der Waals surface area (Å²) in [6.45, 7) is 0. The Balaban J connectivity index is 1.55. The molecular weight excluding hydrogens is 446 g/mol. The van der Waals surface area contributed by atoms with Crippen molar-refractivity contribution in [2.45, 2.75) is 41.9 Å². The van der Waals surface area contributed by atoms with E-state index in [1.54, 1.807) is 23.7 Å². The van der Waals surface area contributed by atoms with Crippen LogP contribution in [-0.4, -0.2) is 52.4 Å². The molecule has 30 heavy (non-hydrogen) atoms. The standard InChI is InChI=1S/C19H21N3O5S3/c23-18(21-19-20-9-10-28-19)17(22-27-14-7-11-29(24)12-8-14)13-1-3-15(4-2-13)30(25,26)16-5-6-16/h1-4,9-10,14,16H,5-8,11-12H2,(H,20,21,23)/b22-17+. The Morgan fingerprint density at radius 3 is 2.50 bits per heavy atom. The highest BCUT2D eigenvalue weighted by atomic mass is 32.2. The molecular formula is C19H21N3O5S3. The minimum Gasteiger partial charge on any atom is -0.616 e. The molecule has 1 N–H and O–H groups in total. The van der Waals surface area contributed by atoms with Gasteiger partial charge >= 0.3 is 0 Å². The minimum atomic E-state index is -3.31. The maximum Gasteiger partial charge on any atom is 0.280 e. The molecule has 2 fully saturated rings. The normalized spacial score (nSPS) is 22.5. The molecule has 0 bridgehead atoms. The Morgan fingerprint density at radius 1 is 1.20 bits per heavy atom. The Kier molecular flexibility index (Phi) is 6.42. The molecule has 160 valence electrons. The van der Waals surface area contributed by atoms with Crippen LogP contribution in [-0.2, 0) is 30.6 Å². The first-order valence-electron chi connectivity index (χ1n) is 9.57. The number of rotatable bonds is 7. The van der Waals surface area contributed by atoms with E-state index < -0.39 is 26.9 Å². The maximum absolute atomic E-state index is 12.8. The number of carbonyl (C=O) groups is 1. The van der Waals surface area contributed by atoms with Gasteiger partial charge in [-0.1, -0.05) is 28.5 Å². The zero-order valence-electron chi connectivity index (χ0n) is 16.0. The third kappa shape index (κ3) is 5.02. The predicted octanol–water partition coefficient (Wildman–Crippen LogP) is 2.35. The molecule has 1 aromatic heterocycles. The quantitative estimate of drug-likeness (QED) is 0.379. The van der Waals surface area contributed by atoms with Crippen LogP contribution in [0.4, 0.5) is 5.13 Å². The summed E-state index contributed by atoms with van der Waals surface area (Å²) in [7, 11) is -3.31. The van der Waals surface area contributed by atoms with Gasteiger partial charge in [0.25, 0.3) is 5.91 Å². The van der Waals surface area contributed by atoms with Gasteiger partial charge in [-0.2, -0.15) is 0 Å². The van der Waals surface area contributed by atoms with Gasteiger partial charge in [0.1, 0.15) is 17.6 Å². The lowest BCUT2D eigenvalue weighted by Crippen LogP contribution is -2.29. The van der Waals surface area contributed by atoms with Crippen molar-refractivity contribution in [3.63, 3.8) is 0 Å². The van der Waals surface area contributed by atoms with Crippen molar-refractivity contribution in [3.05, 3.63) is 41.4 Å². The average Bonchev–Trinajstić information content (AvgIpc) is 3.49. The van der Waals surface area contributed by atoms with Gasteiger partial charge in [0.05, 0.1) is 10.1 Å². The molecule has 1 amide bonds. The average molecular weight is 468 g/mol. The highest BCUT2D eigenvalue weighted by molar-refractivity contribution is 7.92. The summed E-state index contributed by atoms with van der Waals surface area (Å²) < 4.78 is 36.3. The van der Waals surface area contributed by atoms with E-state index in [-0.39, 0.29) is 22.0 Å². The number of amides is 1. The van der Waals surface area contributed by atoms with Crippen molar-refractivity contribution >= 4 is 49.1 Å². The van der Waals surface area contributed by atoms with E-state index in [4.69, 9.17) is 4.84 Å². The molecule has 1 aliphatic carbocycles. The Labute approximate surface area is 181 Å². The van der Waals surface area contributed by atoms with Crippen LogP contribution in [0.15, 0.2) is 45.9 Å². The number of sulfone groups is 1. The largest absolute Gasteiger partial charge is 0.616 e. The van der Waals surface area contributed by atoms with Crippen LogP contribution in [0.3, 0.4) is 0 Å².